The molecule has 0 bridgehead atoms. The van der Waals surface area contributed by atoms with Crippen molar-refractivity contribution in [2.45, 2.75) is 70.2 Å². The summed E-state index contributed by atoms with van der Waals surface area (Å²) in [6, 6.07) is 0. The molecule has 0 radical (unpaired) electrons. The lowest BCUT2D eigenvalue weighted by Crippen LogP contribution is -2.15. The summed E-state index contributed by atoms with van der Waals surface area (Å²) in [7, 11) is 0. The molecule has 0 aromatic heterocycles. The Morgan fingerprint density at radius 1 is 1.17 bits per heavy atom. The van der Waals surface area contributed by atoms with Crippen LogP contribution in [0, 0.1) is 0 Å². The molecule has 3 nitrogen and oxygen atoms in total. The minimum Gasteiger partial charge on any atom is -0.458 e. The smallest absolute Gasteiger partial charge is 0.306 e. The third-order valence-electron chi connectivity index (χ3n) is 3.92. The van der Waals surface area contributed by atoms with Crippen molar-refractivity contribution in [1.82, 2.24) is 0 Å². The highest BCUT2D eigenvalue weighted by Crippen LogP contribution is 2.27. The zero-order valence-electron chi connectivity index (χ0n) is 14.0. The first kappa shape index (κ1) is 17.7. The maximum Gasteiger partial charge on any atom is 0.306 e. The number of carbonyl (C=O) groups is 1. The van der Waals surface area contributed by atoms with E-state index in [0.717, 1.165) is 38.5 Å². The highest BCUT2D eigenvalue weighted by atomic mass is 16.6. The topological polar surface area (TPSA) is 38.8 Å². The zero-order chi connectivity index (χ0) is 16.3. The van der Waals surface area contributed by atoms with Crippen LogP contribution >= 0.6 is 0 Å². The van der Waals surface area contributed by atoms with E-state index in [1.54, 1.807) is 0 Å². The van der Waals surface area contributed by atoms with Crippen LogP contribution in [0.1, 0.15) is 51.9 Å². The van der Waals surface area contributed by atoms with Crippen molar-refractivity contribution < 1.29 is 14.3 Å². The first-order chi connectivity index (χ1) is 11.3. The molecule has 2 aliphatic rings. The lowest BCUT2D eigenvalue weighted by molar-refractivity contribution is -0.146. The first-order valence-corrected chi connectivity index (χ1v) is 8.78. The molecule has 0 saturated carbocycles. The monoisotopic (exact) mass is 316 g/mol. The maximum atomic E-state index is 11.6. The number of hydrogen-bond acceptors (Lipinski definition) is 3. The summed E-state index contributed by atoms with van der Waals surface area (Å²) in [5.41, 5.74) is 0. The van der Waals surface area contributed by atoms with Gasteiger partial charge in [-0.2, -0.15) is 0 Å². The number of rotatable bonds is 7. The van der Waals surface area contributed by atoms with E-state index in [0.29, 0.717) is 6.42 Å². The molecule has 2 aliphatic heterocycles. The van der Waals surface area contributed by atoms with Gasteiger partial charge in [0.2, 0.25) is 0 Å². The molecule has 2 rings (SSSR count). The van der Waals surface area contributed by atoms with E-state index in [4.69, 9.17) is 9.47 Å². The molecule has 0 aromatic carbocycles. The molecule has 2 heterocycles. The van der Waals surface area contributed by atoms with Crippen LogP contribution in [0.4, 0.5) is 0 Å². The minimum absolute atomic E-state index is 0.0975. The number of epoxide rings is 1. The van der Waals surface area contributed by atoms with Crippen molar-refractivity contribution in [3.63, 3.8) is 0 Å². The van der Waals surface area contributed by atoms with E-state index < -0.39 is 0 Å². The molecule has 0 aromatic rings. The Morgan fingerprint density at radius 3 is 2.91 bits per heavy atom. The largest absolute Gasteiger partial charge is 0.458 e. The van der Waals surface area contributed by atoms with E-state index >= 15 is 0 Å². The summed E-state index contributed by atoms with van der Waals surface area (Å²) in [6.07, 6.45) is 23.4. The van der Waals surface area contributed by atoms with Crippen molar-refractivity contribution in [1.29, 1.82) is 0 Å². The van der Waals surface area contributed by atoms with Crippen LogP contribution in [0.3, 0.4) is 0 Å². The molecule has 3 atom stereocenters. The second-order valence-corrected chi connectivity index (χ2v) is 5.97. The van der Waals surface area contributed by atoms with Gasteiger partial charge in [-0.1, -0.05) is 49.5 Å². The normalized spacial score (nSPS) is 30.3. The summed E-state index contributed by atoms with van der Waals surface area (Å²) in [5, 5.41) is 0. The van der Waals surface area contributed by atoms with E-state index in [-0.39, 0.29) is 24.3 Å². The van der Waals surface area contributed by atoms with Gasteiger partial charge in [0, 0.05) is 12.8 Å². The molecule has 0 aliphatic carbocycles. The van der Waals surface area contributed by atoms with E-state index in [1.807, 2.05) is 12.2 Å². The molecule has 3 heteroatoms. The van der Waals surface area contributed by atoms with Crippen LogP contribution < -0.4 is 0 Å². The van der Waals surface area contributed by atoms with Gasteiger partial charge >= 0.3 is 5.97 Å². The highest BCUT2D eigenvalue weighted by molar-refractivity contribution is 5.69. The number of ether oxygens (including phenoxy) is 2. The summed E-state index contributed by atoms with van der Waals surface area (Å²) in [4.78, 5) is 11.6. The zero-order valence-corrected chi connectivity index (χ0v) is 14.0. The Kier molecular flexibility index (Phi) is 7.88. The predicted molar refractivity (Wildman–Crippen MR) is 93.1 cm³/mol. The van der Waals surface area contributed by atoms with Crippen molar-refractivity contribution in [2.75, 3.05) is 0 Å². The molecule has 1 fully saturated rings. The quantitative estimate of drug-likeness (QED) is 0.390. The first-order valence-electron chi connectivity index (χ1n) is 8.78. The molecule has 126 valence electrons. The fraction of sp³-hybridized carbons (Fsp3) is 0.550. The standard InChI is InChI=1S/C20H28O3/c1-2-3-4-5-6-10-13-18-19(23-18)16-15-17-12-9-7-8-11-14-20(21)22-17/h3-4,6-7,9-10,15-19H,2,5,8,11-14H2,1H3/b4-3-,9-7-,10-6-,16-15+/t17-,18-,19+/m0/s1. The number of carbonyl (C=O) groups excluding carboxylic acids is 1. The summed E-state index contributed by atoms with van der Waals surface area (Å²) in [6.45, 7) is 2.14. The van der Waals surface area contributed by atoms with Gasteiger partial charge in [-0.3, -0.25) is 4.79 Å². The van der Waals surface area contributed by atoms with Crippen molar-refractivity contribution in [3.05, 3.63) is 48.6 Å². The second kappa shape index (κ2) is 10.2. The van der Waals surface area contributed by atoms with Gasteiger partial charge in [0.05, 0.1) is 6.10 Å². The molecular formula is C20H28O3. The van der Waals surface area contributed by atoms with Gasteiger partial charge in [0.1, 0.15) is 12.2 Å². The van der Waals surface area contributed by atoms with Gasteiger partial charge < -0.3 is 9.47 Å². The maximum absolute atomic E-state index is 11.6. The van der Waals surface area contributed by atoms with E-state index in [9.17, 15) is 4.79 Å². The average molecular weight is 316 g/mol. The van der Waals surface area contributed by atoms with Crippen LogP contribution in [0.2, 0.25) is 0 Å². The number of esters is 1. The van der Waals surface area contributed by atoms with Crippen LogP contribution in [0.15, 0.2) is 48.6 Å². The molecule has 0 amide bonds. The Balaban J connectivity index is 1.69. The van der Waals surface area contributed by atoms with Crippen molar-refractivity contribution in [2.24, 2.45) is 0 Å². The average Bonchev–Trinajstić information content (AvgIpc) is 3.27. The summed E-state index contributed by atoms with van der Waals surface area (Å²) in [5.74, 6) is -0.0975. The van der Waals surface area contributed by atoms with Crippen LogP contribution in [0.25, 0.3) is 0 Å². The van der Waals surface area contributed by atoms with Crippen molar-refractivity contribution in [3.8, 4) is 0 Å². The predicted octanol–water partition coefficient (Wildman–Crippen LogP) is 4.65. The molecule has 0 spiro atoms. The molecule has 0 N–H and O–H groups in total. The van der Waals surface area contributed by atoms with Crippen LogP contribution in [-0.2, 0) is 14.3 Å². The molecular weight excluding hydrogens is 288 g/mol. The SMILES string of the molecule is CC/C=C\C/C=C\C[C@@H]1O[C@@H]1/C=C/[C@@H]1C/C=C\CCCC(=O)O1. The third kappa shape index (κ3) is 7.47. The lowest BCUT2D eigenvalue weighted by atomic mass is 10.1. The van der Waals surface area contributed by atoms with Gasteiger partial charge in [-0.05, 0) is 38.2 Å². The van der Waals surface area contributed by atoms with Crippen LogP contribution in [-0.4, -0.2) is 24.3 Å². The molecule has 23 heavy (non-hydrogen) atoms. The van der Waals surface area contributed by atoms with Gasteiger partial charge in [0.25, 0.3) is 0 Å². The van der Waals surface area contributed by atoms with Gasteiger partial charge in [-0.25, -0.2) is 0 Å². The highest BCUT2D eigenvalue weighted by Gasteiger charge is 2.35. The minimum atomic E-state index is -0.156. The van der Waals surface area contributed by atoms with E-state index in [2.05, 4.69) is 43.4 Å². The fourth-order valence-corrected chi connectivity index (χ4v) is 2.52. The summed E-state index contributed by atoms with van der Waals surface area (Å²) < 4.78 is 11.1. The Labute approximate surface area is 139 Å². The summed E-state index contributed by atoms with van der Waals surface area (Å²) >= 11 is 0. The van der Waals surface area contributed by atoms with Crippen LogP contribution in [0.5, 0.6) is 0 Å². The fourth-order valence-electron chi connectivity index (χ4n) is 2.52. The van der Waals surface area contributed by atoms with E-state index in [1.165, 1.54) is 0 Å². The van der Waals surface area contributed by atoms with Crippen molar-refractivity contribution >= 4 is 5.97 Å². The number of cyclic esters (lactones) is 1. The van der Waals surface area contributed by atoms with Gasteiger partial charge in [0.15, 0.2) is 0 Å². The number of allylic oxidation sites excluding steroid dienone is 4. The Bertz CT molecular complexity index is 473. The Hall–Kier alpha value is -1.61. The number of hydrogen-bond donors (Lipinski definition) is 0. The second-order valence-electron chi connectivity index (χ2n) is 5.97. The third-order valence-corrected chi connectivity index (χ3v) is 3.92. The molecule has 1 saturated heterocycles. The lowest BCUT2D eigenvalue weighted by Gasteiger charge is -2.11. The Morgan fingerprint density at radius 2 is 2.04 bits per heavy atom. The molecule has 0 unspecified atom stereocenters. The van der Waals surface area contributed by atoms with Gasteiger partial charge in [-0.15, -0.1) is 0 Å².